The van der Waals surface area contributed by atoms with Crippen molar-refractivity contribution in [2.24, 2.45) is 0 Å². The largest absolute Gasteiger partial charge is 0.277 e. The fourth-order valence-electron chi connectivity index (χ4n) is 1.57. The van der Waals surface area contributed by atoms with Crippen LogP contribution in [-0.2, 0) is 0 Å². The molecule has 0 saturated carbocycles. The van der Waals surface area contributed by atoms with Crippen molar-refractivity contribution in [2.45, 2.75) is 19.8 Å². The second-order valence-corrected chi connectivity index (χ2v) is 3.00. The predicted octanol–water partition coefficient (Wildman–Crippen LogP) is 0.0263. The van der Waals surface area contributed by atoms with Crippen LogP contribution in [0.1, 0.15) is 25.5 Å². The second-order valence-electron chi connectivity index (χ2n) is 3.00. The molecular weight excluding hydrogens is 150 g/mol. The first-order chi connectivity index (χ1) is 5.83. The molecule has 1 aromatic rings. The number of nitrogens with one attached hydrogen (secondary N) is 1. The van der Waals surface area contributed by atoms with Gasteiger partial charge in [-0.05, 0) is 19.8 Å². The molecular formula is C9H9N3. The summed E-state index contributed by atoms with van der Waals surface area (Å²) in [4.78, 5) is 0. The smallest absolute Gasteiger partial charge is 0.170 e. The Bertz CT molecular complexity index is 459. The monoisotopic (exact) mass is 159 g/mol. The van der Waals surface area contributed by atoms with Gasteiger partial charge in [0.05, 0.1) is 5.35 Å². The van der Waals surface area contributed by atoms with Crippen LogP contribution in [-0.4, -0.2) is 10.2 Å². The molecule has 0 bridgehead atoms. The molecule has 12 heavy (non-hydrogen) atoms. The maximum atomic E-state index is 8.74. The van der Waals surface area contributed by atoms with Crippen LogP contribution in [0.15, 0.2) is 0 Å². The van der Waals surface area contributed by atoms with Crippen LogP contribution in [0, 0.1) is 11.3 Å². The molecule has 60 valence electrons. The summed E-state index contributed by atoms with van der Waals surface area (Å²) in [5.74, 6) is 0. The van der Waals surface area contributed by atoms with Crippen molar-refractivity contribution in [1.82, 2.24) is 10.2 Å². The Kier molecular flexibility index (Phi) is 1.47. The molecule has 0 radical (unpaired) electrons. The van der Waals surface area contributed by atoms with E-state index in [0.717, 1.165) is 23.4 Å². The standard InChI is InChI=1S/C9H9N3/c1-6-3-2-4-7-9(6)8(5-10)12-11-7/h4,11H,2-3H2,1H3. The third-order valence-corrected chi connectivity index (χ3v) is 2.19. The number of aromatic amines is 1. The molecule has 3 nitrogen and oxygen atoms in total. The fraction of sp³-hybridized carbons (Fsp3) is 0.333. The van der Waals surface area contributed by atoms with E-state index in [0.29, 0.717) is 5.69 Å². The molecule has 0 saturated heterocycles. The van der Waals surface area contributed by atoms with Crippen molar-refractivity contribution >= 4 is 11.6 Å². The number of H-pyrrole nitrogens is 1. The van der Waals surface area contributed by atoms with Crippen LogP contribution in [0.25, 0.3) is 11.6 Å². The molecule has 0 aliphatic heterocycles. The predicted molar refractivity (Wildman–Crippen MR) is 45.3 cm³/mol. The third kappa shape index (κ3) is 0.850. The molecule has 0 aromatic carbocycles. The molecule has 1 aliphatic carbocycles. The first kappa shape index (κ1) is 7.11. The molecule has 3 heteroatoms. The van der Waals surface area contributed by atoms with E-state index in [1.165, 1.54) is 5.57 Å². The number of aromatic nitrogens is 2. The summed E-state index contributed by atoms with van der Waals surface area (Å²) >= 11 is 0. The fourth-order valence-corrected chi connectivity index (χ4v) is 1.57. The topological polar surface area (TPSA) is 52.5 Å². The molecule has 1 heterocycles. The van der Waals surface area contributed by atoms with Gasteiger partial charge in [0.2, 0.25) is 0 Å². The lowest BCUT2D eigenvalue weighted by Gasteiger charge is -2.00. The van der Waals surface area contributed by atoms with Crippen molar-refractivity contribution in [1.29, 1.82) is 5.26 Å². The van der Waals surface area contributed by atoms with Gasteiger partial charge in [0.1, 0.15) is 6.07 Å². The summed E-state index contributed by atoms with van der Waals surface area (Å²) in [6.45, 7) is 2.06. The maximum absolute atomic E-state index is 8.74. The van der Waals surface area contributed by atoms with Crippen LogP contribution in [0.4, 0.5) is 0 Å². The van der Waals surface area contributed by atoms with Gasteiger partial charge in [-0.2, -0.15) is 10.4 Å². The molecule has 2 rings (SSSR count). The zero-order valence-corrected chi connectivity index (χ0v) is 6.89. The Morgan fingerprint density at radius 2 is 2.50 bits per heavy atom. The minimum absolute atomic E-state index is 0.526. The Morgan fingerprint density at radius 3 is 3.25 bits per heavy atom. The van der Waals surface area contributed by atoms with E-state index in [9.17, 15) is 0 Å². The van der Waals surface area contributed by atoms with Crippen molar-refractivity contribution in [3.63, 3.8) is 0 Å². The van der Waals surface area contributed by atoms with Gasteiger partial charge in [0.25, 0.3) is 0 Å². The Balaban J connectivity index is 2.94. The van der Waals surface area contributed by atoms with E-state index in [-0.39, 0.29) is 0 Å². The van der Waals surface area contributed by atoms with Gasteiger partial charge >= 0.3 is 0 Å². The minimum Gasteiger partial charge on any atom is -0.277 e. The van der Waals surface area contributed by atoms with E-state index < -0.39 is 0 Å². The molecule has 0 spiro atoms. The molecule has 1 aliphatic rings. The Labute approximate surface area is 70.0 Å². The molecule has 0 amide bonds. The average Bonchev–Trinajstić information content (AvgIpc) is 2.49. The van der Waals surface area contributed by atoms with Gasteiger partial charge < -0.3 is 0 Å². The summed E-state index contributed by atoms with van der Waals surface area (Å²) in [5, 5.41) is 17.6. The molecule has 1 N–H and O–H groups in total. The highest BCUT2D eigenvalue weighted by molar-refractivity contribution is 5.50. The second kappa shape index (κ2) is 2.49. The minimum atomic E-state index is 0.526. The highest BCUT2D eigenvalue weighted by Crippen LogP contribution is 2.05. The maximum Gasteiger partial charge on any atom is 0.170 e. The Hall–Kier alpha value is -1.56. The van der Waals surface area contributed by atoms with Gasteiger partial charge in [0.15, 0.2) is 5.69 Å². The van der Waals surface area contributed by atoms with E-state index in [2.05, 4.69) is 29.3 Å². The SMILES string of the molecule is CC1=c2c(C#N)n[nH]c2=CCC1. The van der Waals surface area contributed by atoms with Gasteiger partial charge in [-0.1, -0.05) is 11.6 Å². The van der Waals surface area contributed by atoms with Crippen LogP contribution in [0.3, 0.4) is 0 Å². The molecule has 0 fully saturated rings. The number of nitrogens with zero attached hydrogens (tertiary/aromatic N) is 2. The van der Waals surface area contributed by atoms with Crippen molar-refractivity contribution in [3.8, 4) is 6.07 Å². The van der Waals surface area contributed by atoms with Gasteiger partial charge in [-0.25, -0.2) is 0 Å². The van der Waals surface area contributed by atoms with E-state index in [1.807, 2.05) is 0 Å². The molecule has 1 aromatic heterocycles. The highest BCUT2D eigenvalue weighted by Gasteiger charge is 2.06. The summed E-state index contributed by atoms with van der Waals surface area (Å²) in [6, 6.07) is 2.08. The lowest BCUT2D eigenvalue weighted by Crippen LogP contribution is -2.28. The third-order valence-electron chi connectivity index (χ3n) is 2.19. The number of hydrogen-bond acceptors (Lipinski definition) is 2. The zero-order valence-electron chi connectivity index (χ0n) is 6.89. The van der Waals surface area contributed by atoms with Crippen molar-refractivity contribution < 1.29 is 0 Å². The number of hydrogen-bond donors (Lipinski definition) is 1. The first-order valence-electron chi connectivity index (χ1n) is 3.97. The van der Waals surface area contributed by atoms with E-state index >= 15 is 0 Å². The summed E-state index contributed by atoms with van der Waals surface area (Å²) in [7, 11) is 0. The van der Waals surface area contributed by atoms with Gasteiger partial charge in [-0.3, -0.25) is 5.10 Å². The van der Waals surface area contributed by atoms with Crippen LogP contribution in [0.5, 0.6) is 0 Å². The lowest BCUT2D eigenvalue weighted by molar-refractivity contribution is 1.02. The summed E-state index contributed by atoms with van der Waals surface area (Å²) in [5.41, 5.74) is 1.79. The lowest BCUT2D eigenvalue weighted by atomic mass is 10.0. The van der Waals surface area contributed by atoms with Gasteiger partial charge in [-0.15, -0.1) is 0 Å². The number of rotatable bonds is 0. The quantitative estimate of drug-likeness (QED) is 0.580. The van der Waals surface area contributed by atoms with Gasteiger partial charge in [0, 0.05) is 5.22 Å². The summed E-state index contributed by atoms with van der Waals surface area (Å²) < 4.78 is 0. The van der Waals surface area contributed by atoms with Crippen LogP contribution < -0.4 is 10.6 Å². The molecule has 0 unspecified atom stereocenters. The van der Waals surface area contributed by atoms with Crippen LogP contribution >= 0.6 is 0 Å². The number of nitriles is 1. The Morgan fingerprint density at radius 1 is 1.67 bits per heavy atom. The summed E-state index contributed by atoms with van der Waals surface area (Å²) in [6.07, 6.45) is 4.18. The zero-order chi connectivity index (χ0) is 8.55. The van der Waals surface area contributed by atoms with Crippen LogP contribution in [0.2, 0.25) is 0 Å². The molecule has 0 atom stereocenters. The van der Waals surface area contributed by atoms with Crippen molar-refractivity contribution in [2.75, 3.05) is 0 Å². The van der Waals surface area contributed by atoms with E-state index in [4.69, 9.17) is 5.26 Å². The van der Waals surface area contributed by atoms with Crippen molar-refractivity contribution in [3.05, 3.63) is 16.3 Å². The average molecular weight is 159 g/mol. The van der Waals surface area contributed by atoms with E-state index in [1.54, 1.807) is 0 Å². The number of fused-ring (bicyclic) bond motifs is 1. The highest BCUT2D eigenvalue weighted by atomic mass is 15.1. The normalized spacial score (nSPS) is 14.8. The first-order valence-corrected chi connectivity index (χ1v) is 3.97.